The van der Waals surface area contributed by atoms with Crippen LogP contribution in [0.2, 0.25) is 0 Å². The first-order valence-electron chi connectivity index (χ1n) is 6.87. The molecule has 0 spiro atoms. The van der Waals surface area contributed by atoms with Crippen molar-refractivity contribution in [2.24, 2.45) is 10.9 Å². The molecule has 1 heterocycles. The number of hydrogen-bond acceptors (Lipinski definition) is 4. The lowest BCUT2D eigenvalue weighted by molar-refractivity contribution is 0.318. The van der Waals surface area contributed by atoms with E-state index in [2.05, 4.69) is 46.2 Å². The lowest BCUT2D eigenvalue weighted by Crippen LogP contribution is -2.22. The van der Waals surface area contributed by atoms with E-state index in [9.17, 15) is 0 Å². The molecule has 0 bridgehead atoms. The van der Waals surface area contributed by atoms with Crippen molar-refractivity contribution in [3.05, 3.63) is 59.4 Å². The van der Waals surface area contributed by atoms with Gasteiger partial charge in [0.15, 0.2) is 5.84 Å². The minimum Gasteiger partial charge on any atom is -0.409 e. The number of pyridine rings is 1. The summed E-state index contributed by atoms with van der Waals surface area (Å²) < 4.78 is 0. The third-order valence-electron chi connectivity index (χ3n) is 3.43. The lowest BCUT2D eigenvalue weighted by atomic mass is 10.1. The van der Waals surface area contributed by atoms with E-state index in [0.717, 1.165) is 17.7 Å². The molecule has 2 rings (SSSR count). The summed E-state index contributed by atoms with van der Waals surface area (Å²) in [4.78, 5) is 6.28. The molecule has 0 saturated carbocycles. The van der Waals surface area contributed by atoms with Crippen LogP contribution in [0.5, 0.6) is 0 Å². The molecule has 0 aliphatic rings. The topological polar surface area (TPSA) is 74.7 Å². The fourth-order valence-corrected chi connectivity index (χ4v) is 2.18. The standard InChI is InChI=1S/C16H20N4O/c1-3-12-6-8-14(9-7-12)20(2)11-13-5-4-10-18-15(13)16(17)19-21/h4-10,21H,3,11H2,1-2H3,(H2,17,19). The Hall–Kier alpha value is -2.56. The molecule has 0 unspecified atom stereocenters. The molecule has 2 aromatic rings. The minimum atomic E-state index is 0.0281. The van der Waals surface area contributed by atoms with Crippen LogP contribution < -0.4 is 10.6 Å². The van der Waals surface area contributed by atoms with Gasteiger partial charge in [-0.25, -0.2) is 0 Å². The number of amidine groups is 1. The maximum absolute atomic E-state index is 8.83. The zero-order valence-corrected chi connectivity index (χ0v) is 12.3. The number of aromatic nitrogens is 1. The van der Waals surface area contributed by atoms with E-state index < -0.39 is 0 Å². The normalized spacial score (nSPS) is 11.4. The van der Waals surface area contributed by atoms with E-state index in [0.29, 0.717) is 12.2 Å². The molecule has 21 heavy (non-hydrogen) atoms. The average molecular weight is 284 g/mol. The quantitative estimate of drug-likeness (QED) is 0.382. The van der Waals surface area contributed by atoms with E-state index in [1.54, 1.807) is 6.20 Å². The minimum absolute atomic E-state index is 0.0281. The van der Waals surface area contributed by atoms with E-state index in [1.807, 2.05) is 19.2 Å². The molecule has 0 saturated heterocycles. The average Bonchev–Trinajstić information content (AvgIpc) is 2.54. The number of oxime groups is 1. The summed E-state index contributed by atoms with van der Waals surface area (Å²) in [6.07, 6.45) is 2.66. The summed E-state index contributed by atoms with van der Waals surface area (Å²) >= 11 is 0. The number of aryl methyl sites for hydroxylation is 1. The molecular formula is C16H20N4O. The summed E-state index contributed by atoms with van der Waals surface area (Å²) in [5, 5.41) is 11.9. The second-order valence-electron chi connectivity index (χ2n) is 4.87. The van der Waals surface area contributed by atoms with Crippen LogP contribution in [-0.2, 0) is 13.0 Å². The first-order valence-corrected chi connectivity index (χ1v) is 6.87. The molecule has 0 atom stereocenters. The van der Waals surface area contributed by atoms with Crippen molar-refractivity contribution < 1.29 is 5.21 Å². The number of nitrogens with two attached hydrogens (primary N) is 1. The molecule has 0 amide bonds. The molecule has 1 aromatic heterocycles. The molecule has 0 aliphatic heterocycles. The highest BCUT2D eigenvalue weighted by Crippen LogP contribution is 2.17. The Labute approximate surface area is 124 Å². The van der Waals surface area contributed by atoms with Crippen LogP contribution in [0.3, 0.4) is 0 Å². The second kappa shape index (κ2) is 6.74. The third-order valence-corrected chi connectivity index (χ3v) is 3.43. The van der Waals surface area contributed by atoms with Gasteiger partial charge < -0.3 is 15.8 Å². The van der Waals surface area contributed by atoms with Gasteiger partial charge in [0, 0.05) is 31.0 Å². The predicted octanol–water partition coefficient (Wildman–Crippen LogP) is 2.37. The number of benzene rings is 1. The van der Waals surface area contributed by atoms with Crippen molar-refractivity contribution in [3.63, 3.8) is 0 Å². The van der Waals surface area contributed by atoms with Crippen molar-refractivity contribution in [2.45, 2.75) is 19.9 Å². The largest absolute Gasteiger partial charge is 0.409 e. The second-order valence-corrected chi connectivity index (χ2v) is 4.87. The SMILES string of the molecule is CCc1ccc(N(C)Cc2cccnc2C(N)=NO)cc1. The molecule has 1 aromatic carbocycles. The fourth-order valence-electron chi connectivity index (χ4n) is 2.18. The Balaban J connectivity index is 2.21. The summed E-state index contributed by atoms with van der Waals surface area (Å²) in [5.74, 6) is 0.0281. The Kier molecular flexibility index (Phi) is 4.77. The number of hydrogen-bond donors (Lipinski definition) is 2. The van der Waals surface area contributed by atoms with Gasteiger partial charge in [-0.15, -0.1) is 0 Å². The summed E-state index contributed by atoms with van der Waals surface area (Å²) in [7, 11) is 2.00. The van der Waals surface area contributed by atoms with Crippen molar-refractivity contribution in [1.29, 1.82) is 0 Å². The smallest absolute Gasteiger partial charge is 0.189 e. The number of anilines is 1. The summed E-state index contributed by atoms with van der Waals surface area (Å²) in [6.45, 7) is 2.77. The molecular weight excluding hydrogens is 264 g/mol. The Morgan fingerprint density at radius 3 is 2.62 bits per heavy atom. The maximum atomic E-state index is 8.83. The van der Waals surface area contributed by atoms with Crippen LogP contribution in [0.15, 0.2) is 47.8 Å². The van der Waals surface area contributed by atoms with Crippen LogP contribution in [0.1, 0.15) is 23.7 Å². The summed E-state index contributed by atoms with van der Waals surface area (Å²) in [6, 6.07) is 12.2. The highest BCUT2D eigenvalue weighted by molar-refractivity contribution is 5.96. The monoisotopic (exact) mass is 284 g/mol. The van der Waals surface area contributed by atoms with Gasteiger partial charge in [-0.3, -0.25) is 4.98 Å². The highest BCUT2D eigenvalue weighted by Gasteiger charge is 2.10. The Morgan fingerprint density at radius 2 is 2.00 bits per heavy atom. The molecule has 3 N–H and O–H groups in total. The van der Waals surface area contributed by atoms with Crippen LogP contribution in [0, 0.1) is 0 Å². The van der Waals surface area contributed by atoms with E-state index >= 15 is 0 Å². The molecule has 0 fully saturated rings. The van der Waals surface area contributed by atoms with E-state index in [4.69, 9.17) is 10.9 Å². The van der Waals surface area contributed by atoms with Gasteiger partial charge >= 0.3 is 0 Å². The predicted molar refractivity (Wildman–Crippen MR) is 84.7 cm³/mol. The van der Waals surface area contributed by atoms with Gasteiger partial charge in [-0.05, 0) is 30.2 Å². The molecule has 5 nitrogen and oxygen atoms in total. The fraction of sp³-hybridized carbons (Fsp3) is 0.250. The van der Waals surface area contributed by atoms with E-state index in [1.165, 1.54) is 5.56 Å². The van der Waals surface area contributed by atoms with Gasteiger partial charge in [-0.1, -0.05) is 30.3 Å². The van der Waals surface area contributed by atoms with E-state index in [-0.39, 0.29) is 5.84 Å². The van der Waals surface area contributed by atoms with Crippen molar-refractivity contribution >= 4 is 11.5 Å². The first-order chi connectivity index (χ1) is 10.2. The lowest BCUT2D eigenvalue weighted by Gasteiger charge is -2.20. The van der Waals surface area contributed by atoms with Gasteiger partial charge in [0.25, 0.3) is 0 Å². The van der Waals surface area contributed by atoms with Gasteiger partial charge in [-0.2, -0.15) is 0 Å². The Bertz CT molecular complexity index is 622. The van der Waals surface area contributed by atoms with Crippen LogP contribution in [-0.4, -0.2) is 23.1 Å². The van der Waals surface area contributed by atoms with Crippen molar-refractivity contribution in [3.8, 4) is 0 Å². The van der Waals surface area contributed by atoms with Gasteiger partial charge in [0.1, 0.15) is 5.69 Å². The maximum Gasteiger partial charge on any atom is 0.189 e. The zero-order chi connectivity index (χ0) is 15.2. The molecule has 0 radical (unpaired) electrons. The van der Waals surface area contributed by atoms with Crippen molar-refractivity contribution in [2.75, 3.05) is 11.9 Å². The molecule has 5 heteroatoms. The van der Waals surface area contributed by atoms with Crippen LogP contribution in [0.4, 0.5) is 5.69 Å². The molecule has 0 aliphatic carbocycles. The van der Waals surface area contributed by atoms with Crippen LogP contribution >= 0.6 is 0 Å². The zero-order valence-electron chi connectivity index (χ0n) is 12.3. The van der Waals surface area contributed by atoms with Crippen molar-refractivity contribution in [1.82, 2.24) is 4.98 Å². The molecule has 110 valence electrons. The van der Waals surface area contributed by atoms with Crippen LogP contribution in [0.25, 0.3) is 0 Å². The van der Waals surface area contributed by atoms with Gasteiger partial charge in [0.05, 0.1) is 0 Å². The number of rotatable bonds is 5. The third kappa shape index (κ3) is 3.51. The van der Waals surface area contributed by atoms with Gasteiger partial charge in [0.2, 0.25) is 0 Å². The Morgan fingerprint density at radius 1 is 1.29 bits per heavy atom. The number of nitrogens with zero attached hydrogens (tertiary/aromatic N) is 3. The highest BCUT2D eigenvalue weighted by atomic mass is 16.4. The first kappa shape index (κ1) is 14.8. The summed E-state index contributed by atoms with van der Waals surface area (Å²) in [5.41, 5.74) is 9.51.